The number of ether oxygens (including phenoxy) is 3. The van der Waals surface area contributed by atoms with Crippen LogP contribution in [0.2, 0.25) is 5.02 Å². The van der Waals surface area contributed by atoms with E-state index in [9.17, 15) is 4.79 Å². The minimum Gasteiger partial charge on any atom is -0.481 e. The van der Waals surface area contributed by atoms with Crippen LogP contribution in [0.3, 0.4) is 0 Å². The van der Waals surface area contributed by atoms with Crippen molar-refractivity contribution in [2.75, 3.05) is 32.8 Å². The van der Waals surface area contributed by atoms with Gasteiger partial charge < -0.3 is 19.1 Å². The Kier molecular flexibility index (Phi) is 5.59. The highest BCUT2D eigenvalue weighted by atomic mass is 35.5. The standard InChI is InChI=1S/C15H16ClN3O4/c1-19(11-6-4-10(16)5-7-11)14(20)9-23-15-17-12(21-2)8-13(18-15)22-3/h4-8H,9H2,1-3H3. The van der Waals surface area contributed by atoms with Gasteiger partial charge in [-0.05, 0) is 24.3 Å². The van der Waals surface area contributed by atoms with Crippen molar-refractivity contribution in [2.45, 2.75) is 0 Å². The molecule has 1 aromatic carbocycles. The third kappa shape index (κ3) is 4.46. The van der Waals surface area contributed by atoms with Gasteiger partial charge in [0.15, 0.2) is 6.61 Å². The Labute approximate surface area is 138 Å². The number of likely N-dealkylation sites (N-methyl/N-ethyl adjacent to an activating group) is 1. The molecule has 0 aliphatic carbocycles. The molecule has 0 radical (unpaired) electrons. The molecule has 2 rings (SSSR count). The third-order valence-corrected chi connectivity index (χ3v) is 3.24. The highest BCUT2D eigenvalue weighted by molar-refractivity contribution is 6.30. The third-order valence-electron chi connectivity index (χ3n) is 2.99. The zero-order valence-electron chi connectivity index (χ0n) is 12.9. The Balaban J connectivity index is 2.02. The molecule has 0 aliphatic heterocycles. The zero-order valence-corrected chi connectivity index (χ0v) is 13.7. The molecule has 122 valence electrons. The average Bonchev–Trinajstić information content (AvgIpc) is 2.59. The molecule has 0 spiro atoms. The lowest BCUT2D eigenvalue weighted by atomic mass is 10.3. The minimum absolute atomic E-state index is 0.000874. The first kappa shape index (κ1) is 16.8. The summed E-state index contributed by atoms with van der Waals surface area (Å²) < 4.78 is 15.3. The lowest BCUT2D eigenvalue weighted by molar-refractivity contribution is -0.120. The van der Waals surface area contributed by atoms with Gasteiger partial charge in [-0.15, -0.1) is 0 Å². The van der Waals surface area contributed by atoms with Crippen LogP contribution in [0.5, 0.6) is 17.8 Å². The maximum Gasteiger partial charge on any atom is 0.323 e. The van der Waals surface area contributed by atoms with Gasteiger partial charge in [-0.25, -0.2) is 0 Å². The van der Waals surface area contributed by atoms with Crippen molar-refractivity contribution >= 4 is 23.2 Å². The van der Waals surface area contributed by atoms with Crippen molar-refractivity contribution in [2.24, 2.45) is 0 Å². The molecule has 1 amide bonds. The van der Waals surface area contributed by atoms with Crippen LogP contribution in [0.15, 0.2) is 30.3 Å². The van der Waals surface area contributed by atoms with Gasteiger partial charge in [0.25, 0.3) is 5.91 Å². The Bertz CT molecular complexity index is 657. The van der Waals surface area contributed by atoms with Crippen LogP contribution in [0, 0.1) is 0 Å². The smallest absolute Gasteiger partial charge is 0.323 e. The number of halogens is 1. The number of benzene rings is 1. The molecule has 1 aromatic heterocycles. The van der Waals surface area contributed by atoms with Crippen molar-refractivity contribution in [3.05, 3.63) is 35.4 Å². The molecular formula is C15H16ClN3O4. The molecule has 2 aromatic rings. The summed E-state index contributed by atoms with van der Waals surface area (Å²) in [4.78, 5) is 21.6. The van der Waals surface area contributed by atoms with Crippen molar-refractivity contribution < 1.29 is 19.0 Å². The maximum absolute atomic E-state index is 12.2. The number of carbonyl (C=O) groups excluding carboxylic acids is 1. The van der Waals surface area contributed by atoms with Gasteiger partial charge in [-0.3, -0.25) is 4.79 Å². The van der Waals surface area contributed by atoms with Crippen molar-refractivity contribution in [3.8, 4) is 17.8 Å². The Morgan fingerprint density at radius 1 is 1.13 bits per heavy atom. The summed E-state index contributed by atoms with van der Waals surface area (Å²) in [7, 11) is 4.57. The molecule has 0 unspecified atom stereocenters. The van der Waals surface area contributed by atoms with E-state index in [1.165, 1.54) is 25.2 Å². The molecule has 8 heteroatoms. The number of rotatable bonds is 6. The van der Waals surface area contributed by atoms with Gasteiger partial charge in [-0.2, -0.15) is 9.97 Å². The largest absolute Gasteiger partial charge is 0.481 e. The molecule has 0 atom stereocenters. The minimum atomic E-state index is -0.266. The van der Waals surface area contributed by atoms with E-state index in [-0.39, 0.29) is 30.3 Å². The summed E-state index contributed by atoms with van der Waals surface area (Å²) >= 11 is 5.83. The summed E-state index contributed by atoms with van der Waals surface area (Å²) in [5.41, 5.74) is 0.701. The SMILES string of the molecule is COc1cc(OC)nc(OCC(=O)N(C)c2ccc(Cl)cc2)n1. The quantitative estimate of drug-likeness (QED) is 0.804. The summed E-state index contributed by atoms with van der Waals surface area (Å²) in [6.45, 7) is -0.227. The Hall–Kier alpha value is -2.54. The number of amides is 1. The number of hydrogen-bond donors (Lipinski definition) is 0. The van der Waals surface area contributed by atoms with Crippen LogP contribution >= 0.6 is 11.6 Å². The van der Waals surface area contributed by atoms with Crippen molar-refractivity contribution in [3.63, 3.8) is 0 Å². The number of anilines is 1. The summed E-state index contributed by atoms with van der Waals surface area (Å²) in [5, 5.41) is 0.600. The molecule has 23 heavy (non-hydrogen) atoms. The fraction of sp³-hybridized carbons (Fsp3) is 0.267. The topological polar surface area (TPSA) is 73.8 Å². The predicted octanol–water partition coefficient (Wildman–Crippen LogP) is 2.19. The molecule has 0 saturated carbocycles. The van der Waals surface area contributed by atoms with Gasteiger partial charge in [0.1, 0.15) is 0 Å². The Morgan fingerprint density at radius 2 is 1.70 bits per heavy atom. The molecule has 0 aliphatic rings. The van der Waals surface area contributed by atoms with Crippen LogP contribution in [0.4, 0.5) is 5.69 Å². The molecule has 0 saturated heterocycles. The van der Waals surface area contributed by atoms with E-state index in [1.807, 2.05) is 0 Å². The monoisotopic (exact) mass is 337 g/mol. The highest BCUT2D eigenvalue weighted by Gasteiger charge is 2.14. The van der Waals surface area contributed by atoms with E-state index in [1.54, 1.807) is 31.3 Å². The van der Waals surface area contributed by atoms with Crippen LogP contribution < -0.4 is 19.1 Å². The summed E-state index contributed by atoms with van der Waals surface area (Å²) in [6, 6.07) is 8.40. The van der Waals surface area contributed by atoms with E-state index in [0.29, 0.717) is 10.7 Å². The highest BCUT2D eigenvalue weighted by Crippen LogP contribution is 2.19. The van der Waals surface area contributed by atoms with Gasteiger partial charge in [0, 0.05) is 17.8 Å². The summed E-state index contributed by atoms with van der Waals surface area (Å²) in [5.74, 6) is 0.299. The van der Waals surface area contributed by atoms with Gasteiger partial charge in [0.05, 0.1) is 20.3 Å². The Morgan fingerprint density at radius 3 is 2.22 bits per heavy atom. The molecular weight excluding hydrogens is 322 g/mol. The molecule has 0 fully saturated rings. The fourth-order valence-corrected chi connectivity index (χ4v) is 1.82. The summed E-state index contributed by atoms with van der Waals surface area (Å²) in [6.07, 6.45) is 0. The van der Waals surface area contributed by atoms with Crippen LogP contribution in [0.1, 0.15) is 0 Å². The first-order valence-corrected chi connectivity index (χ1v) is 7.03. The second kappa shape index (κ2) is 7.64. The number of carbonyl (C=O) groups is 1. The average molecular weight is 338 g/mol. The second-order valence-corrected chi connectivity index (χ2v) is 4.89. The molecule has 0 N–H and O–H groups in total. The number of hydrogen-bond acceptors (Lipinski definition) is 6. The predicted molar refractivity (Wildman–Crippen MR) is 85.5 cm³/mol. The maximum atomic E-state index is 12.2. The first-order valence-electron chi connectivity index (χ1n) is 6.65. The molecule has 7 nitrogen and oxygen atoms in total. The van der Waals surface area contributed by atoms with E-state index in [2.05, 4.69) is 9.97 Å². The number of methoxy groups -OCH3 is 2. The van der Waals surface area contributed by atoms with Gasteiger partial charge in [-0.1, -0.05) is 11.6 Å². The fourth-order valence-electron chi connectivity index (χ4n) is 1.69. The van der Waals surface area contributed by atoms with Gasteiger partial charge >= 0.3 is 6.01 Å². The lowest BCUT2D eigenvalue weighted by Crippen LogP contribution is -2.31. The van der Waals surface area contributed by atoms with E-state index >= 15 is 0 Å². The van der Waals surface area contributed by atoms with Crippen LogP contribution in [0.25, 0.3) is 0 Å². The number of nitrogens with zero attached hydrogens (tertiary/aromatic N) is 3. The molecule has 1 heterocycles. The van der Waals surface area contributed by atoms with Gasteiger partial charge in [0.2, 0.25) is 11.8 Å². The van der Waals surface area contributed by atoms with E-state index in [4.69, 9.17) is 25.8 Å². The van der Waals surface area contributed by atoms with E-state index < -0.39 is 0 Å². The molecule has 0 bridgehead atoms. The number of aromatic nitrogens is 2. The van der Waals surface area contributed by atoms with Crippen LogP contribution in [-0.2, 0) is 4.79 Å². The normalized spacial score (nSPS) is 10.1. The van der Waals surface area contributed by atoms with Crippen LogP contribution in [-0.4, -0.2) is 43.7 Å². The lowest BCUT2D eigenvalue weighted by Gasteiger charge is -2.17. The van der Waals surface area contributed by atoms with Crippen molar-refractivity contribution in [1.29, 1.82) is 0 Å². The second-order valence-electron chi connectivity index (χ2n) is 4.45. The zero-order chi connectivity index (χ0) is 16.8. The first-order chi connectivity index (χ1) is 11.0. The van der Waals surface area contributed by atoms with E-state index in [0.717, 1.165) is 0 Å². The van der Waals surface area contributed by atoms with Crippen molar-refractivity contribution in [1.82, 2.24) is 9.97 Å².